The van der Waals surface area contributed by atoms with Crippen LogP contribution in [0.1, 0.15) is 53.9 Å². The average Bonchev–Trinajstić information content (AvgIpc) is 2.61. The van der Waals surface area contributed by atoms with Gasteiger partial charge in [-0.1, -0.05) is 20.8 Å². The van der Waals surface area contributed by atoms with Gasteiger partial charge in [-0.15, -0.1) is 0 Å². The molecule has 1 saturated heterocycles. The van der Waals surface area contributed by atoms with E-state index in [0.717, 1.165) is 19.3 Å². The van der Waals surface area contributed by atoms with Gasteiger partial charge in [-0.05, 0) is 44.4 Å². The van der Waals surface area contributed by atoms with E-state index in [1.54, 1.807) is 25.8 Å². The zero-order chi connectivity index (χ0) is 16.4. The SMILES string of the molecule is CN(C(=O)N1CCCC(C(C)(C)C)CC1)C(C)(C)C(=O)O. The highest BCUT2D eigenvalue weighted by atomic mass is 16.4. The van der Waals surface area contributed by atoms with Gasteiger partial charge in [0, 0.05) is 20.1 Å². The Kier molecular flexibility index (Phi) is 5.29. The molecule has 0 aromatic rings. The van der Waals surface area contributed by atoms with E-state index in [4.69, 9.17) is 0 Å². The van der Waals surface area contributed by atoms with Gasteiger partial charge in [-0.3, -0.25) is 0 Å². The Morgan fingerprint density at radius 3 is 2.14 bits per heavy atom. The summed E-state index contributed by atoms with van der Waals surface area (Å²) >= 11 is 0. The van der Waals surface area contributed by atoms with Gasteiger partial charge in [0.25, 0.3) is 0 Å². The zero-order valence-corrected chi connectivity index (χ0v) is 14.3. The number of aliphatic carboxylic acids is 1. The number of carboxylic acid groups (broad SMARTS) is 1. The summed E-state index contributed by atoms with van der Waals surface area (Å²) in [6, 6.07) is -0.183. The fourth-order valence-electron chi connectivity index (χ4n) is 2.75. The fourth-order valence-corrected chi connectivity index (χ4v) is 2.75. The Bertz CT molecular complexity index is 399. The third-order valence-corrected chi connectivity index (χ3v) is 4.87. The molecule has 2 amide bonds. The van der Waals surface area contributed by atoms with Crippen LogP contribution in [0, 0.1) is 11.3 Å². The van der Waals surface area contributed by atoms with Crippen molar-refractivity contribution >= 4 is 12.0 Å². The van der Waals surface area contributed by atoms with Crippen LogP contribution in [0.4, 0.5) is 4.79 Å². The van der Waals surface area contributed by atoms with Crippen LogP contribution < -0.4 is 0 Å². The lowest BCUT2D eigenvalue weighted by Gasteiger charge is -2.36. The summed E-state index contributed by atoms with van der Waals surface area (Å²) in [6.45, 7) is 11.3. The predicted molar refractivity (Wildman–Crippen MR) is 83.2 cm³/mol. The van der Waals surface area contributed by atoms with E-state index in [2.05, 4.69) is 20.8 Å². The third-order valence-electron chi connectivity index (χ3n) is 4.87. The second kappa shape index (κ2) is 6.24. The highest BCUT2D eigenvalue weighted by molar-refractivity contribution is 5.85. The lowest BCUT2D eigenvalue weighted by atomic mass is 9.77. The van der Waals surface area contributed by atoms with E-state index in [1.165, 1.54) is 4.90 Å². The Balaban J connectivity index is 2.74. The van der Waals surface area contributed by atoms with Gasteiger partial charge in [0.1, 0.15) is 5.54 Å². The zero-order valence-electron chi connectivity index (χ0n) is 14.3. The van der Waals surface area contributed by atoms with Gasteiger partial charge >= 0.3 is 12.0 Å². The summed E-state index contributed by atoms with van der Waals surface area (Å²) in [6.07, 6.45) is 3.09. The first-order valence-electron chi connectivity index (χ1n) is 7.74. The Morgan fingerprint density at radius 2 is 1.67 bits per heavy atom. The monoisotopic (exact) mass is 298 g/mol. The van der Waals surface area contributed by atoms with Crippen LogP contribution in [-0.2, 0) is 4.79 Å². The van der Waals surface area contributed by atoms with E-state index >= 15 is 0 Å². The highest BCUT2D eigenvalue weighted by Crippen LogP contribution is 2.34. The number of hydrogen-bond donors (Lipinski definition) is 1. The topological polar surface area (TPSA) is 60.9 Å². The molecule has 0 radical (unpaired) electrons. The molecule has 1 aliphatic rings. The van der Waals surface area contributed by atoms with E-state index < -0.39 is 11.5 Å². The molecule has 0 spiro atoms. The Hall–Kier alpha value is -1.26. The maximum absolute atomic E-state index is 12.5. The standard InChI is InChI=1S/C16H30N2O3/c1-15(2,3)12-8-7-10-18(11-9-12)14(21)17(6)16(4,5)13(19)20/h12H,7-11H2,1-6H3,(H,19,20). The number of urea groups is 1. The lowest BCUT2D eigenvalue weighted by molar-refractivity contribution is -0.147. The fraction of sp³-hybridized carbons (Fsp3) is 0.875. The summed E-state index contributed by atoms with van der Waals surface area (Å²) in [5.74, 6) is -0.381. The van der Waals surface area contributed by atoms with Crippen LogP contribution >= 0.6 is 0 Å². The molecule has 1 unspecified atom stereocenters. The van der Waals surface area contributed by atoms with Crippen molar-refractivity contribution in [3.8, 4) is 0 Å². The molecule has 5 nitrogen and oxygen atoms in total. The molecule has 5 heteroatoms. The van der Waals surface area contributed by atoms with Gasteiger partial charge < -0.3 is 14.9 Å². The summed E-state index contributed by atoms with van der Waals surface area (Å²) < 4.78 is 0. The number of carbonyl (C=O) groups excluding carboxylic acids is 1. The van der Waals surface area contributed by atoms with Gasteiger partial charge in [0.2, 0.25) is 0 Å². The quantitative estimate of drug-likeness (QED) is 0.852. The average molecular weight is 298 g/mol. The molecule has 0 aromatic heterocycles. The van der Waals surface area contributed by atoms with E-state index in [9.17, 15) is 14.7 Å². The number of amides is 2. The van der Waals surface area contributed by atoms with Crippen LogP contribution in [0.25, 0.3) is 0 Å². The molecule has 21 heavy (non-hydrogen) atoms. The lowest BCUT2D eigenvalue weighted by Crippen LogP contribution is -2.55. The van der Waals surface area contributed by atoms with Gasteiger partial charge in [-0.25, -0.2) is 9.59 Å². The number of likely N-dealkylation sites (tertiary alicyclic amines) is 1. The maximum Gasteiger partial charge on any atom is 0.329 e. The predicted octanol–water partition coefficient (Wildman–Crippen LogP) is 3.05. The van der Waals surface area contributed by atoms with Gasteiger partial charge in [0.05, 0.1) is 0 Å². The maximum atomic E-state index is 12.5. The molecule has 0 aliphatic carbocycles. The Labute approximate surface area is 128 Å². The summed E-state index contributed by atoms with van der Waals surface area (Å²) in [7, 11) is 1.57. The number of nitrogens with zero attached hydrogens (tertiary/aromatic N) is 2. The van der Waals surface area contributed by atoms with Crippen molar-refractivity contribution < 1.29 is 14.7 Å². The minimum atomic E-state index is -1.19. The second-order valence-electron chi connectivity index (χ2n) is 7.69. The molecule has 0 saturated carbocycles. The van der Waals surface area contributed by atoms with Crippen LogP contribution in [0.3, 0.4) is 0 Å². The van der Waals surface area contributed by atoms with Crippen molar-refractivity contribution in [3.63, 3.8) is 0 Å². The first-order chi connectivity index (χ1) is 9.48. The number of carboxylic acids is 1. The normalized spacial score (nSPS) is 20.9. The molecule has 1 N–H and O–H groups in total. The van der Waals surface area contributed by atoms with Crippen molar-refractivity contribution in [1.82, 2.24) is 9.80 Å². The Morgan fingerprint density at radius 1 is 1.10 bits per heavy atom. The molecule has 0 bridgehead atoms. The molecule has 122 valence electrons. The molecule has 1 atom stereocenters. The van der Waals surface area contributed by atoms with Crippen LogP contribution in [0.15, 0.2) is 0 Å². The van der Waals surface area contributed by atoms with Crippen molar-refractivity contribution in [2.75, 3.05) is 20.1 Å². The summed E-state index contributed by atoms with van der Waals surface area (Å²) in [4.78, 5) is 27.0. The highest BCUT2D eigenvalue weighted by Gasteiger charge is 2.38. The summed E-state index contributed by atoms with van der Waals surface area (Å²) in [5, 5.41) is 9.25. The molecular weight excluding hydrogens is 268 g/mol. The first kappa shape index (κ1) is 17.8. The minimum Gasteiger partial charge on any atom is -0.480 e. The largest absolute Gasteiger partial charge is 0.480 e. The van der Waals surface area contributed by atoms with Gasteiger partial charge in [0.15, 0.2) is 0 Å². The number of carbonyl (C=O) groups is 2. The van der Waals surface area contributed by atoms with E-state index in [0.29, 0.717) is 19.0 Å². The van der Waals surface area contributed by atoms with Crippen molar-refractivity contribution in [2.45, 2.75) is 59.4 Å². The van der Waals surface area contributed by atoms with Crippen LogP contribution in [0.2, 0.25) is 0 Å². The molecular formula is C16H30N2O3. The smallest absolute Gasteiger partial charge is 0.329 e. The molecule has 1 aliphatic heterocycles. The van der Waals surface area contributed by atoms with Crippen molar-refractivity contribution in [1.29, 1.82) is 0 Å². The number of rotatable bonds is 2. The minimum absolute atomic E-state index is 0.183. The summed E-state index contributed by atoms with van der Waals surface area (Å²) in [5.41, 5.74) is -0.932. The molecule has 1 fully saturated rings. The van der Waals surface area contributed by atoms with Crippen LogP contribution in [0.5, 0.6) is 0 Å². The molecule has 1 rings (SSSR count). The van der Waals surface area contributed by atoms with Crippen molar-refractivity contribution in [2.24, 2.45) is 11.3 Å². The molecule has 0 aromatic carbocycles. The first-order valence-corrected chi connectivity index (χ1v) is 7.74. The van der Waals surface area contributed by atoms with Crippen LogP contribution in [-0.4, -0.2) is 52.6 Å². The molecule has 1 heterocycles. The number of hydrogen-bond acceptors (Lipinski definition) is 2. The van der Waals surface area contributed by atoms with E-state index in [1.807, 2.05) is 0 Å². The number of likely N-dealkylation sites (N-methyl/N-ethyl adjacent to an activating group) is 1. The second-order valence-corrected chi connectivity index (χ2v) is 7.69. The van der Waals surface area contributed by atoms with Crippen molar-refractivity contribution in [3.05, 3.63) is 0 Å². The van der Waals surface area contributed by atoms with Gasteiger partial charge in [-0.2, -0.15) is 0 Å². The third kappa shape index (κ3) is 4.11. The van der Waals surface area contributed by atoms with E-state index in [-0.39, 0.29) is 11.4 Å².